The summed E-state index contributed by atoms with van der Waals surface area (Å²) in [6.07, 6.45) is 6.25. The maximum absolute atomic E-state index is 14.2. The molecule has 0 unspecified atom stereocenters. The zero-order chi connectivity index (χ0) is 30.3. The highest BCUT2D eigenvalue weighted by molar-refractivity contribution is 7.92. The van der Waals surface area contributed by atoms with Crippen molar-refractivity contribution in [3.05, 3.63) is 99.5 Å². The van der Waals surface area contributed by atoms with E-state index in [1.54, 1.807) is 42.5 Å². The van der Waals surface area contributed by atoms with Crippen molar-refractivity contribution in [1.82, 2.24) is 10.2 Å². The third-order valence-electron chi connectivity index (χ3n) is 7.61. The third-order valence-corrected chi connectivity index (χ3v) is 9.46. The number of sulfonamides is 1. The van der Waals surface area contributed by atoms with Crippen molar-refractivity contribution in [2.75, 3.05) is 17.1 Å². The van der Waals surface area contributed by atoms with Gasteiger partial charge in [0.2, 0.25) is 21.8 Å². The highest BCUT2D eigenvalue weighted by Crippen LogP contribution is 2.28. The van der Waals surface area contributed by atoms with Crippen LogP contribution < -0.4 is 9.62 Å². The summed E-state index contributed by atoms with van der Waals surface area (Å²) >= 11 is 13.1. The van der Waals surface area contributed by atoms with Crippen LogP contribution in [0.25, 0.3) is 0 Å². The minimum absolute atomic E-state index is 0.0189. The van der Waals surface area contributed by atoms with E-state index < -0.39 is 28.5 Å². The minimum Gasteiger partial charge on any atom is -0.352 e. The maximum Gasteiger partial charge on any atom is 0.244 e. The molecule has 1 fully saturated rings. The van der Waals surface area contributed by atoms with Crippen LogP contribution in [0.1, 0.15) is 48.8 Å². The zero-order valence-electron chi connectivity index (χ0n) is 23.9. The summed E-state index contributed by atoms with van der Waals surface area (Å²) in [6.45, 7) is 1.33. The smallest absolute Gasteiger partial charge is 0.244 e. The SMILES string of the molecule is Cc1ccc(N(CC(=O)N(Cc2c(Cl)cccc2Cl)[C@@H](Cc2ccccc2)C(=O)NC2CCCCC2)S(C)(=O)=O)cc1. The van der Waals surface area contributed by atoms with Gasteiger partial charge in [-0.05, 0) is 49.6 Å². The fourth-order valence-corrected chi connectivity index (χ4v) is 6.64. The van der Waals surface area contributed by atoms with E-state index in [1.165, 1.54) is 4.90 Å². The van der Waals surface area contributed by atoms with Gasteiger partial charge < -0.3 is 10.2 Å². The van der Waals surface area contributed by atoms with E-state index in [1.807, 2.05) is 37.3 Å². The van der Waals surface area contributed by atoms with Crippen LogP contribution in [0.15, 0.2) is 72.8 Å². The molecule has 1 atom stereocenters. The van der Waals surface area contributed by atoms with Gasteiger partial charge in [-0.3, -0.25) is 13.9 Å². The first kappa shape index (κ1) is 31.9. The summed E-state index contributed by atoms with van der Waals surface area (Å²) in [6, 6.07) is 20.5. The summed E-state index contributed by atoms with van der Waals surface area (Å²) in [7, 11) is -3.84. The monoisotopic (exact) mass is 629 g/mol. The Morgan fingerprint density at radius 2 is 1.52 bits per heavy atom. The number of anilines is 1. The summed E-state index contributed by atoms with van der Waals surface area (Å²) < 4.78 is 26.9. The van der Waals surface area contributed by atoms with Gasteiger partial charge in [0.25, 0.3) is 0 Å². The quantitative estimate of drug-likeness (QED) is 0.275. The molecule has 1 N–H and O–H groups in total. The molecule has 0 bridgehead atoms. The number of nitrogens with one attached hydrogen (secondary N) is 1. The van der Waals surface area contributed by atoms with Gasteiger partial charge in [-0.15, -0.1) is 0 Å². The first-order valence-electron chi connectivity index (χ1n) is 14.1. The Balaban J connectivity index is 1.75. The average molecular weight is 631 g/mol. The van der Waals surface area contributed by atoms with Crippen molar-refractivity contribution >= 4 is 50.7 Å². The number of benzene rings is 3. The second-order valence-electron chi connectivity index (χ2n) is 10.9. The van der Waals surface area contributed by atoms with E-state index in [0.717, 1.165) is 53.8 Å². The molecule has 42 heavy (non-hydrogen) atoms. The lowest BCUT2D eigenvalue weighted by molar-refractivity contribution is -0.140. The molecule has 10 heteroatoms. The molecular weight excluding hydrogens is 593 g/mol. The van der Waals surface area contributed by atoms with Crippen molar-refractivity contribution in [3.63, 3.8) is 0 Å². The van der Waals surface area contributed by atoms with Gasteiger partial charge >= 0.3 is 0 Å². The Kier molecular flexibility index (Phi) is 10.9. The van der Waals surface area contributed by atoms with Crippen LogP contribution in [-0.4, -0.2) is 50.0 Å². The van der Waals surface area contributed by atoms with E-state index in [-0.39, 0.29) is 24.9 Å². The Morgan fingerprint density at radius 1 is 0.905 bits per heavy atom. The molecular formula is C32H37Cl2N3O4S. The predicted octanol–water partition coefficient (Wildman–Crippen LogP) is 6.16. The summed E-state index contributed by atoms with van der Waals surface area (Å²) in [5.74, 6) is -0.833. The second kappa shape index (κ2) is 14.4. The van der Waals surface area contributed by atoms with Crippen LogP contribution in [0.3, 0.4) is 0 Å². The van der Waals surface area contributed by atoms with Gasteiger partial charge in [0.1, 0.15) is 12.6 Å². The highest BCUT2D eigenvalue weighted by Gasteiger charge is 2.34. The Morgan fingerprint density at radius 3 is 2.12 bits per heavy atom. The molecule has 0 aromatic heterocycles. The van der Waals surface area contributed by atoms with E-state index in [9.17, 15) is 18.0 Å². The van der Waals surface area contributed by atoms with Crippen LogP contribution >= 0.6 is 23.2 Å². The second-order valence-corrected chi connectivity index (χ2v) is 13.6. The fraction of sp³-hybridized carbons (Fsp3) is 0.375. The van der Waals surface area contributed by atoms with Crippen molar-refractivity contribution in [2.45, 2.75) is 64.1 Å². The summed E-state index contributed by atoms with van der Waals surface area (Å²) in [5, 5.41) is 3.88. The number of hydrogen-bond acceptors (Lipinski definition) is 4. The standard InChI is InChI=1S/C32H37Cl2N3O4S/c1-23-16-18-26(19-17-23)37(42(2,40)41)22-31(38)36(21-27-28(33)14-9-15-29(27)34)30(20-24-10-5-3-6-11-24)32(39)35-25-12-7-4-8-13-25/h3,5-6,9-11,14-19,25,30H,4,7-8,12-13,20-22H2,1-2H3,(H,35,39)/t30-/m0/s1. The van der Waals surface area contributed by atoms with E-state index in [4.69, 9.17) is 23.2 Å². The van der Waals surface area contributed by atoms with Gasteiger partial charge in [-0.25, -0.2) is 8.42 Å². The molecule has 3 aromatic carbocycles. The average Bonchev–Trinajstić information content (AvgIpc) is 2.96. The Labute approximate surface area is 258 Å². The van der Waals surface area contributed by atoms with Crippen molar-refractivity contribution in [2.24, 2.45) is 0 Å². The molecule has 1 aliphatic rings. The van der Waals surface area contributed by atoms with Crippen LogP contribution in [0.4, 0.5) is 5.69 Å². The number of carbonyl (C=O) groups excluding carboxylic acids is 2. The van der Waals surface area contributed by atoms with E-state index >= 15 is 0 Å². The first-order chi connectivity index (χ1) is 20.0. The number of carbonyl (C=O) groups is 2. The predicted molar refractivity (Wildman–Crippen MR) is 169 cm³/mol. The number of nitrogens with zero attached hydrogens (tertiary/aromatic N) is 2. The lowest BCUT2D eigenvalue weighted by Crippen LogP contribution is -2.55. The summed E-state index contributed by atoms with van der Waals surface area (Å²) in [4.78, 5) is 29.7. The Hall–Kier alpha value is -3.07. The first-order valence-corrected chi connectivity index (χ1v) is 16.7. The topological polar surface area (TPSA) is 86.8 Å². The summed E-state index contributed by atoms with van der Waals surface area (Å²) in [5.41, 5.74) is 2.66. The molecule has 224 valence electrons. The highest BCUT2D eigenvalue weighted by atomic mass is 35.5. The normalized spacial score (nSPS) is 14.7. The molecule has 0 spiro atoms. The van der Waals surface area contributed by atoms with E-state index in [2.05, 4.69) is 5.32 Å². The van der Waals surface area contributed by atoms with Crippen molar-refractivity contribution < 1.29 is 18.0 Å². The van der Waals surface area contributed by atoms with Gasteiger partial charge in [-0.2, -0.15) is 0 Å². The van der Waals surface area contributed by atoms with Gasteiger partial charge in [0.05, 0.1) is 11.9 Å². The Bertz CT molecular complexity index is 1460. The molecule has 0 radical (unpaired) electrons. The van der Waals surface area contributed by atoms with E-state index in [0.29, 0.717) is 21.3 Å². The molecule has 0 saturated heterocycles. The lowest BCUT2D eigenvalue weighted by atomic mass is 9.94. The van der Waals surface area contributed by atoms with Gasteiger partial charge in [0, 0.05) is 34.6 Å². The molecule has 0 aliphatic heterocycles. The van der Waals surface area contributed by atoms with Crippen LogP contribution in [0.5, 0.6) is 0 Å². The van der Waals surface area contributed by atoms with Crippen LogP contribution in [-0.2, 0) is 32.6 Å². The van der Waals surface area contributed by atoms with Crippen LogP contribution in [0, 0.1) is 6.92 Å². The number of aryl methyl sites for hydroxylation is 1. The number of halogens is 2. The number of amides is 2. The molecule has 4 rings (SSSR count). The lowest BCUT2D eigenvalue weighted by Gasteiger charge is -2.35. The third kappa shape index (κ3) is 8.49. The van der Waals surface area contributed by atoms with Crippen molar-refractivity contribution in [3.8, 4) is 0 Å². The largest absolute Gasteiger partial charge is 0.352 e. The molecule has 0 heterocycles. The van der Waals surface area contributed by atoms with Gasteiger partial charge in [-0.1, -0.05) is 96.6 Å². The molecule has 3 aromatic rings. The molecule has 2 amide bonds. The number of rotatable bonds is 11. The minimum atomic E-state index is -3.84. The molecule has 7 nitrogen and oxygen atoms in total. The van der Waals surface area contributed by atoms with Crippen LogP contribution in [0.2, 0.25) is 10.0 Å². The molecule has 1 saturated carbocycles. The maximum atomic E-state index is 14.2. The van der Waals surface area contributed by atoms with Crippen molar-refractivity contribution in [1.29, 1.82) is 0 Å². The van der Waals surface area contributed by atoms with Gasteiger partial charge in [0.15, 0.2) is 0 Å². The number of hydrogen-bond donors (Lipinski definition) is 1. The fourth-order valence-electron chi connectivity index (χ4n) is 5.28. The molecule has 1 aliphatic carbocycles. The zero-order valence-corrected chi connectivity index (χ0v) is 26.3.